The van der Waals surface area contributed by atoms with Gasteiger partial charge in [-0.15, -0.1) is 0 Å². The van der Waals surface area contributed by atoms with Gasteiger partial charge in [0.2, 0.25) is 5.91 Å². The molecule has 0 aliphatic carbocycles. The summed E-state index contributed by atoms with van der Waals surface area (Å²) in [5, 5.41) is 5.08. The highest BCUT2D eigenvalue weighted by Crippen LogP contribution is 2.27. The maximum absolute atomic E-state index is 12.3. The summed E-state index contributed by atoms with van der Waals surface area (Å²) >= 11 is 1.60. The van der Waals surface area contributed by atoms with Crippen LogP contribution in [-0.4, -0.2) is 36.0 Å². The quantitative estimate of drug-likeness (QED) is 0.550. The molecule has 0 unspecified atom stereocenters. The normalized spacial score (nSPS) is 11.1. The first kappa shape index (κ1) is 16.6. The Balaban J connectivity index is 1.32. The van der Waals surface area contributed by atoms with E-state index >= 15 is 0 Å². The molecule has 0 aliphatic rings. The van der Waals surface area contributed by atoms with Crippen molar-refractivity contribution in [3.63, 3.8) is 0 Å². The smallest absolute Gasteiger partial charge is 0.239 e. The Kier molecular flexibility index (Phi) is 4.58. The third kappa shape index (κ3) is 3.41. The molecule has 0 saturated carbocycles. The van der Waals surface area contributed by atoms with Gasteiger partial charge in [0.1, 0.15) is 0 Å². The van der Waals surface area contributed by atoms with E-state index in [1.165, 1.54) is 10.9 Å². The topological polar surface area (TPSA) is 61.0 Å². The Hall–Kier alpha value is -2.86. The molecule has 0 spiro atoms. The number of rotatable bonds is 6. The molecule has 0 bridgehead atoms. The van der Waals surface area contributed by atoms with Gasteiger partial charge >= 0.3 is 0 Å². The molecule has 2 heterocycles. The lowest BCUT2D eigenvalue weighted by atomic mass is 10.1. The molecular weight excluding hydrogens is 344 g/mol. The Morgan fingerprint density at radius 1 is 1.19 bits per heavy atom. The summed E-state index contributed by atoms with van der Waals surface area (Å²) in [5.74, 6) is 0.00611. The maximum atomic E-state index is 12.3. The summed E-state index contributed by atoms with van der Waals surface area (Å²) in [4.78, 5) is 22.0. The molecule has 0 aliphatic heterocycles. The third-order valence-corrected chi connectivity index (χ3v) is 5.53. The molecule has 1 amide bonds. The Bertz CT molecular complexity index is 1020. The van der Waals surface area contributed by atoms with Crippen LogP contribution in [0, 0.1) is 0 Å². The number of thiazole rings is 1. The van der Waals surface area contributed by atoms with Crippen LogP contribution in [0.1, 0.15) is 5.56 Å². The Morgan fingerprint density at radius 3 is 2.88 bits per heavy atom. The number of nitrogens with one attached hydrogen (secondary N) is 2. The van der Waals surface area contributed by atoms with Crippen molar-refractivity contribution in [3.05, 3.63) is 60.3 Å². The number of carbonyl (C=O) groups is 1. The number of aromatic nitrogens is 2. The van der Waals surface area contributed by atoms with Gasteiger partial charge in [-0.1, -0.05) is 41.7 Å². The predicted octanol–water partition coefficient (Wildman–Crippen LogP) is 3.57. The zero-order chi connectivity index (χ0) is 17.9. The first-order valence-corrected chi connectivity index (χ1v) is 9.41. The van der Waals surface area contributed by atoms with Crippen molar-refractivity contribution in [1.82, 2.24) is 15.3 Å². The van der Waals surface area contributed by atoms with Crippen molar-refractivity contribution in [2.45, 2.75) is 6.42 Å². The highest BCUT2D eigenvalue weighted by Gasteiger charge is 2.12. The van der Waals surface area contributed by atoms with Crippen LogP contribution in [0.15, 0.2) is 54.7 Å². The Labute approximate surface area is 155 Å². The number of fused-ring (bicyclic) bond motifs is 2. The van der Waals surface area contributed by atoms with Crippen LogP contribution in [0.5, 0.6) is 0 Å². The zero-order valence-electron chi connectivity index (χ0n) is 14.5. The SMILES string of the molecule is CN(CC(=O)NCCc1c[nH]c2ccccc12)c1nc2ccccc2s1. The average Bonchev–Trinajstić information content (AvgIpc) is 3.26. The highest BCUT2D eigenvalue weighted by atomic mass is 32.1. The van der Waals surface area contributed by atoms with Crippen LogP contribution >= 0.6 is 11.3 Å². The summed E-state index contributed by atoms with van der Waals surface area (Å²) in [6.07, 6.45) is 2.82. The van der Waals surface area contributed by atoms with E-state index in [4.69, 9.17) is 0 Å². The van der Waals surface area contributed by atoms with Crippen molar-refractivity contribution in [3.8, 4) is 0 Å². The molecule has 0 atom stereocenters. The minimum atomic E-state index is 0.00611. The highest BCUT2D eigenvalue weighted by molar-refractivity contribution is 7.22. The van der Waals surface area contributed by atoms with Crippen molar-refractivity contribution in [1.29, 1.82) is 0 Å². The number of nitrogens with zero attached hydrogens (tertiary/aromatic N) is 2. The van der Waals surface area contributed by atoms with Gasteiger partial charge in [-0.25, -0.2) is 4.98 Å². The second-order valence-corrected chi connectivity index (χ2v) is 7.29. The number of likely N-dealkylation sites (N-methyl/N-ethyl adjacent to an activating group) is 1. The molecule has 0 saturated heterocycles. The summed E-state index contributed by atoms with van der Waals surface area (Å²) < 4.78 is 1.13. The van der Waals surface area contributed by atoms with Gasteiger partial charge in [-0.05, 0) is 30.2 Å². The maximum Gasteiger partial charge on any atom is 0.239 e. The largest absolute Gasteiger partial charge is 0.361 e. The van der Waals surface area contributed by atoms with Gasteiger partial charge < -0.3 is 15.2 Å². The Morgan fingerprint density at radius 2 is 2.00 bits per heavy atom. The van der Waals surface area contributed by atoms with E-state index in [9.17, 15) is 4.79 Å². The third-order valence-electron chi connectivity index (χ3n) is 4.38. The molecule has 2 aromatic carbocycles. The molecule has 4 rings (SSSR count). The zero-order valence-corrected chi connectivity index (χ0v) is 15.3. The predicted molar refractivity (Wildman–Crippen MR) is 108 cm³/mol. The van der Waals surface area contributed by atoms with E-state index in [-0.39, 0.29) is 5.91 Å². The molecule has 5 nitrogen and oxygen atoms in total. The molecule has 0 fully saturated rings. The second kappa shape index (κ2) is 7.17. The van der Waals surface area contributed by atoms with E-state index in [1.54, 1.807) is 11.3 Å². The van der Waals surface area contributed by atoms with Gasteiger partial charge in [0.25, 0.3) is 0 Å². The van der Waals surface area contributed by atoms with Crippen molar-refractivity contribution in [2.24, 2.45) is 0 Å². The van der Waals surface area contributed by atoms with Crippen LogP contribution in [0.25, 0.3) is 21.1 Å². The summed E-state index contributed by atoms with van der Waals surface area (Å²) in [6.45, 7) is 0.919. The van der Waals surface area contributed by atoms with E-state index in [1.807, 2.05) is 54.5 Å². The number of amides is 1. The van der Waals surface area contributed by atoms with Gasteiger partial charge in [-0.2, -0.15) is 0 Å². The van der Waals surface area contributed by atoms with Crippen molar-refractivity contribution in [2.75, 3.05) is 25.0 Å². The van der Waals surface area contributed by atoms with Crippen LogP contribution in [-0.2, 0) is 11.2 Å². The van der Waals surface area contributed by atoms with Crippen LogP contribution < -0.4 is 10.2 Å². The monoisotopic (exact) mass is 364 g/mol. The molecular formula is C20H20N4OS. The van der Waals surface area contributed by atoms with Gasteiger partial charge in [0.05, 0.1) is 16.8 Å². The first-order valence-electron chi connectivity index (χ1n) is 8.59. The lowest BCUT2D eigenvalue weighted by molar-refractivity contribution is -0.119. The minimum Gasteiger partial charge on any atom is -0.361 e. The van der Waals surface area contributed by atoms with Crippen LogP contribution in [0.3, 0.4) is 0 Å². The van der Waals surface area contributed by atoms with Crippen LogP contribution in [0.4, 0.5) is 5.13 Å². The number of aromatic amines is 1. The number of benzene rings is 2. The fourth-order valence-electron chi connectivity index (χ4n) is 3.04. The number of hydrogen-bond acceptors (Lipinski definition) is 4. The molecule has 26 heavy (non-hydrogen) atoms. The first-order chi connectivity index (χ1) is 12.7. The van der Waals surface area contributed by atoms with Gasteiger partial charge in [0.15, 0.2) is 5.13 Å². The van der Waals surface area contributed by atoms with Crippen molar-refractivity contribution >= 4 is 43.5 Å². The van der Waals surface area contributed by atoms with E-state index in [0.29, 0.717) is 13.1 Å². The van der Waals surface area contributed by atoms with E-state index in [2.05, 4.69) is 27.4 Å². The average molecular weight is 364 g/mol. The lowest BCUT2D eigenvalue weighted by Crippen LogP contribution is -2.36. The standard InChI is InChI=1S/C20H20N4OS/c1-24(20-23-17-8-4-5-9-18(17)26-20)13-19(25)21-11-10-14-12-22-16-7-3-2-6-15(14)16/h2-9,12,22H,10-11,13H2,1H3,(H,21,25). The fraction of sp³-hybridized carbons (Fsp3) is 0.200. The summed E-state index contributed by atoms with van der Waals surface area (Å²) in [5.41, 5.74) is 3.32. The van der Waals surface area contributed by atoms with Crippen molar-refractivity contribution < 1.29 is 4.79 Å². The van der Waals surface area contributed by atoms with Gasteiger partial charge in [-0.3, -0.25) is 4.79 Å². The van der Waals surface area contributed by atoms with Gasteiger partial charge in [0, 0.05) is 30.7 Å². The van der Waals surface area contributed by atoms with E-state index in [0.717, 1.165) is 27.3 Å². The van der Waals surface area contributed by atoms with E-state index < -0.39 is 0 Å². The number of anilines is 1. The molecule has 4 aromatic rings. The molecule has 2 N–H and O–H groups in total. The minimum absolute atomic E-state index is 0.00611. The van der Waals surface area contributed by atoms with Crippen LogP contribution in [0.2, 0.25) is 0 Å². The molecule has 2 aromatic heterocycles. The summed E-state index contributed by atoms with van der Waals surface area (Å²) in [7, 11) is 1.90. The lowest BCUT2D eigenvalue weighted by Gasteiger charge is -2.15. The number of carbonyl (C=O) groups excluding carboxylic acids is 1. The molecule has 132 valence electrons. The molecule has 0 radical (unpaired) electrons. The number of hydrogen-bond donors (Lipinski definition) is 2. The summed E-state index contributed by atoms with van der Waals surface area (Å²) in [6, 6.07) is 16.2. The number of para-hydroxylation sites is 2. The second-order valence-electron chi connectivity index (χ2n) is 6.28. The molecule has 6 heteroatoms. The fourth-order valence-corrected chi connectivity index (χ4v) is 3.96. The number of H-pyrrole nitrogens is 1.